The van der Waals surface area contributed by atoms with Crippen molar-refractivity contribution in [2.24, 2.45) is 0 Å². The van der Waals surface area contributed by atoms with Crippen molar-refractivity contribution in [3.8, 4) is 0 Å². The first-order valence-corrected chi connectivity index (χ1v) is 10.8. The van der Waals surface area contributed by atoms with Gasteiger partial charge in [-0.2, -0.15) is 0 Å². The quantitative estimate of drug-likeness (QED) is 0.345. The number of carbonyl (C=O) groups is 2. The average Bonchev–Trinajstić information content (AvgIpc) is 3.31. The van der Waals surface area contributed by atoms with Gasteiger partial charge in [0, 0.05) is 12.8 Å². The van der Waals surface area contributed by atoms with Crippen LogP contribution >= 0.6 is 0 Å². The van der Waals surface area contributed by atoms with E-state index in [0.717, 1.165) is 6.42 Å². The van der Waals surface area contributed by atoms with E-state index in [4.69, 9.17) is 33.5 Å². The van der Waals surface area contributed by atoms with E-state index in [9.17, 15) is 9.59 Å². The summed E-state index contributed by atoms with van der Waals surface area (Å²) in [5.41, 5.74) is 0. The molecule has 0 aromatic carbocycles. The number of carbonyl (C=O) groups excluding carboxylic acids is 2. The Hall–Kier alpha value is -1.26. The summed E-state index contributed by atoms with van der Waals surface area (Å²) in [6, 6.07) is 0. The highest BCUT2D eigenvalue weighted by Gasteiger charge is 2.37. The van der Waals surface area contributed by atoms with Crippen LogP contribution in [0.1, 0.15) is 65.7 Å². The van der Waals surface area contributed by atoms with Crippen molar-refractivity contribution in [3.63, 3.8) is 0 Å². The number of hydrogen-bond donors (Lipinski definition) is 1. The zero-order valence-electron chi connectivity index (χ0n) is 18.4. The van der Waals surface area contributed by atoms with Gasteiger partial charge in [0.1, 0.15) is 6.10 Å². The molecule has 0 aromatic rings. The number of aliphatic hydroxyl groups excluding tert-OH is 1. The van der Waals surface area contributed by atoms with Gasteiger partial charge in [0.15, 0.2) is 11.6 Å². The molecule has 174 valence electrons. The Morgan fingerprint density at radius 2 is 1.37 bits per heavy atom. The van der Waals surface area contributed by atoms with E-state index >= 15 is 0 Å². The fraction of sp³-hybridized carbons (Fsp3) is 0.905. The molecule has 2 aliphatic rings. The molecule has 0 saturated carbocycles. The van der Waals surface area contributed by atoms with Crippen LogP contribution in [-0.4, -0.2) is 73.9 Å². The van der Waals surface area contributed by atoms with Gasteiger partial charge in [-0.15, -0.1) is 0 Å². The smallest absolute Gasteiger partial charge is 0.305 e. The van der Waals surface area contributed by atoms with E-state index in [0.29, 0.717) is 38.9 Å². The molecule has 0 aromatic heterocycles. The Labute approximate surface area is 178 Å². The summed E-state index contributed by atoms with van der Waals surface area (Å²) in [7, 11) is 0. The lowest BCUT2D eigenvalue weighted by atomic mass is 10.1. The van der Waals surface area contributed by atoms with Crippen LogP contribution in [0.15, 0.2) is 0 Å². The Bertz CT molecular complexity index is 507. The van der Waals surface area contributed by atoms with Crippen molar-refractivity contribution >= 4 is 11.9 Å². The second kappa shape index (κ2) is 12.0. The molecule has 2 heterocycles. The molecular formula is C21H36O9. The molecule has 0 bridgehead atoms. The van der Waals surface area contributed by atoms with Crippen LogP contribution in [0.25, 0.3) is 0 Å². The minimum absolute atomic E-state index is 0.0901. The second-order valence-corrected chi connectivity index (χ2v) is 8.11. The highest BCUT2D eigenvalue weighted by atomic mass is 16.8. The topological polar surface area (TPSA) is 110 Å². The largest absolute Gasteiger partial charge is 0.466 e. The summed E-state index contributed by atoms with van der Waals surface area (Å²) in [4.78, 5) is 23.7. The van der Waals surface area contributed by atoms with Crippen LogP contribution in [0.3, 0.4) is 0 Å². The third-order valence-electron chi connectivity index (χ3n) is 5.27. The lowest BCUT2D eigenvalue weighted by molar-refractivity contribution is -0.170. The third-order valence-corrected chi connectivity index (χ3v) is 5.27. The van der Waals surface area contributed by atoms with E-state index in [2.05, 4.69) is 0 Å². The van der Waals surface area contributed by atoms with Crippen LogP contribution in [0, 0.1) is 0 Å². The zero-order valence-corrected chi connectivity index (χ0v) is 18.4. The van der Waals surface area contributed by atoms with E-state index in [1.165, 1.54) is 0 Å². The summed E-state index contributed by atoms with van der Waals surface area (Å²) in [5, 5.41) is 9.07. The van der Waals surface area contributed by atoms with Gasteiger partial charge >= 0.3 is 11.9 Å². The average molecular weight is 433 g/mol. The first-order chi connectivity index (χ1) is 14.3. The molecule has 2 aliphatic heterocycles. The molecule has 1 N–H and O–H groups in total. The summed E-state index contributed by atoms with van der Waals surface area (Å²) in [5.74, 6) is -2.18. The molecule has 2 rings (SSSR count). The van der Waals surface area contributed by atoms with Gasteiger partial charge in [0.2, 0.25) is 0 Å². The maximum atomic E-state index is 11.9. The Morgan fingerprint density at radius 1 is 0.900 bits per heavy atom. The molecule has 0 radical (unpaired) electrons. The summed E-state index contributed by atoms with van der Waals surface area (Å²) in [6.07, 6.45) is 3.09. The van der Waals surface area contributed by atoms with Crippen molar-refractivity contribution in [2.75, 3.05) is 33.0 Å². The SMILES string of the molecule is CCC1COC(C)(CCC(=O)OCCCCOC(=O)CCC2(C)OCC(CO)O2)O1. The molecule has 30 heavy (non-hydrogen) atoms. The third kappa shape index (κ3) is 8.47. The molecule has 9 heteroatoms. The summed E-state index contributed by atoms with van der Waals surface area (Å²) >= 11 is 0. The number of aliphatic hydroxyl groups is 1. The van der Waals surface area contributed by atoms with Crippen LogP contribution in [0.5, 0.6) is 0 Å². The lowest BCUT2D eigenvalue weighted by Gasteiger charge is -2.22. The molecule has 0 amide bonds. The minimum atomic E-state index is -0.857. The predicted octanol–water partition coefficient (Wildman–Crippen LogP) is 2.08. The van der Waals surface area contributed by atoms with E-state index in [-0.39, 0.29) is 56.8 Å². The first-order valence-electron chi connectivity index (χ1n) is 10.8. The Balaban J connectivity index is 1.46. The molecule has 0 aliphatic carbocycles. The zero-order chi connectivity index (χ0) is 22.0. The summed E-state index contributed by atoms with van der Waals surface area (Å²) < 4.78 is 32.9. The molecular weight excluding hydrogens is 396 g/mol. The van der Waals surface area contributed by atoms with Crippen LogP contribution in [0.2, 0.25) is 0 Å². The van der Waals surface area contributed by atoms with E-state index in [1.54, 1.807) is 6.92 Å². The number of esters is 2. The number of ether oxygens (including phenoxy) is 6. The monoisotopic (exact) mass is 432 g/mol. The maximum absolute atomic E-state index is 11.9. The van der Waals surface area contributed by atoms with E-state index < -0.39 is 11.6 Å². The van der Waals surface area contributed by atoms with Gasteiger partial charge in [0.25, 0.3) is 0 Å². The van der Waals surface area contributed by atoms with E-state index in [1.807, 2.05) is 13.8 Å². The molecule has 4 atom stereocenters. The lowest BCUT2D eigenvalue weighted by Crippen LogP contribution is -2.28. The predicted molar refractivity (Wildman–Crippen MR) is 105 cm³/mol. The highest BCUT2D eigenvalue weighted by molar-refractivity contribution is 5.69. The first kappa shape index (κ1) is 25.0. The number of rotatable bonds is 13. The molecule has 9 nitrogen and oxygen atoms in total. The Morgan fingerprint density at radius 3 is 1.77 bits per heavy atom. The Kier molecular flexibility index (Phi) is 9.96. The standard InChI is InChI=1S/C21H36O9/c1-4-16-14-27-20(2,29-16)9-7-18(23)25-11-5-6-12-26-19(24)8-10-21(3)28-15-17(13-22)30-21/h16-17,22H,4-15H2,1-3H3. The van der Waals surface area contributed by atoms with Crippen molar-refractivity contribution in [1.29, 1.82) is 0 Å². The normalized spacial score (nSPS) is 31.1. The van der Waals surface area contributed by atoms with Crippen LogP contribution < -0.4 is 0 Å². The molecule has 2 saturated heterocycles. The fourth-order valence-electron chi connectivity index (χ4n) is 3.31. The van der Waals surface area contributed by atoms with Gasteiger partial charge in [-0.05, 0) is 33.1 Å². The molecule has 4 unspecified atom stereocenters. The fourth-order valence-corrected chi connectivity index (χ4v) is 3.31. The number of hydrogen-bond acceptors (Lipinski definition) is 9. The van der Waals surface area contributed by atoms with Gasteiger partial charge < -0.3 is 33.5 Å². The van der Waals surface area contributed by atoms with Crippen LogP contribution in [0.4, 0.5) is 0 Å². The maximum Gasteiger partial charge on any atom is 0.305 e. The van der Waals surface area contributed by atoms with Gasteiger partial charge in [-0.1, -0.05) is 6.92 Å². The van der Waals surface area contributed by atoms with Crippen molar-refractivity contribution < 1.29 is 43.1 Å². The van der Waals surface area contributed by atoms with Crippen LogP contribution in [-0.2, 0) is 38.0 Å². The van der Waals surface area contributed by atoms with Crippen molar-refractivity contribution in [3.05, 3.63) is 0 Å². The molecule has 0 spiro atoms. The number of unbranched alkanes of at least 4 members (excludes halogenated alkanes) is 1. The van der Waals surface area contributed by atoms with Gasteiger partial charge in [-0.25, -0.2) is 0 Å². The van der Waals surface area contributed by atoms with Gasteiger partial charge in [0.05, 0.1) is 52.0 Å². The second-order valence-electron chi connectivity index (χ2n) is 8.11. The minimum Gasteiger partial charge on any atom is -0.466 e. The van der Waals surface area contributed by atoms with Gasteiger partial charge in [-0.3, -0.25) is 9.59 Å². The van der Waals surface area contributed by atoms with Crippen molar-refractivity contribution in [2.45, 2.75) is 89.5 Å². The highest BCUT2D eigenvalue weighted by Crippen LogP contribution is 2.29. The molecule has 2 fully saturated rings. The summed E-state index contributed by atoms with van der Waals surface area (Å²) in [6.45, 7) is 6.96. The van der Waals surface area contributed by atoms with Crippen molar-refractivity contribution in [1.82, 2.24) is 0 Å².